The van der Waals surface area contributed by atoms with Crippen LogP contribution in [0, 0.1) is 0 Å². The molecule has 3 heterocycles. The van der Waals surface area contributed by atoms with Gasteiger partial charge in [0.05, 0.1) is 6.04 Å². The third-order valence-electron chi connectivity index (χ3n) is 3.96. The van der Waals surface area contributed by atoms with E-state index in [1.807, 2.05) is 40.9 Å². The van der Waals surface area contributed by atoms with Gasteiger partial charge in [-0.25, -0.2) is 0 Å². The first-order valence-corrected chi connectivity index (χ1v) is 9.64. The number of carbonyl (C=O) groups is 1. The molecule has 0 spiro atoms. The number of fused-ring (bicyclic) bond motifs is 1. The van der Waals surface area contributed by atoms with E-state index in [4.69, 9.17) is 0 Å². The molecule has 1 atom stereocenters. The first kappa shape index (κ1) is 17.4. The van der Waals surface area contributed by atoms with Crippen molar-refractivity contribution in [2.75, 3.05) is 12.0 Å². The van der Waals surface area contributed by atoms with E-state index in [0.717, 1.165) is 29.2 Å². The van der Waals surface area contributed by atoms with Gasteiger partial charge in [-0.3, -0.25) is 14.2 Å². The molecule has 1 N–H and O–H groups in total. The van der Waals surface area contributed by atoms with Crippen LogP contribution in [0.2, 0.25) is 0 Å². The average molecular weight is 355 g/mol. The second kappa shape index (κ2) is 8.62. The van der Waals surface area contributed by atoms with E-state index >= 15 is 0 Å². The molecule has 3 aromatic heterocycles. The number of aryl methyl sites for hydroxylation is 1. The molecular weight excluding hydrogens is 334 g/mol. The molecule has 0 aliphatic rings. The third kappa shape index (κ3) is 4.57. The third-order valence-corrected chi connectivity index (χ3v) is 4.61. The lowest BCUT2D eigenvalue weighted by Crippen LogP contribution is -2.30. The van der Waals surface area contributed by atoms with Crippen molar-refractivity contribution in [2.45, 2.75) is 25.3 Å². The molecule has 7 heteroatoms. The van der Waals surface area contributed by atoms with Crippen molar-refractivity contribution in [3.05, 3.63) is 60.3 Å². The predicted octanol–water partition coefficient (Wildman–Crippen LogP) is 2.67. The fourth-order valence-electron chi connectivity index (χ4n) is 2.67. The highest BCUT2D eigenvalue weighted by Crippen LogP contribution is 2.18. The number of rotatable bonds is 8. The predicted molar refractivity (Wildman–Crippen MR) is 99.4 cm³/mol. The van der Waals surface area contributed by atoms with Crippen LogP contribution >= 0.6 is 11.8 Å². The number of hydrogen-bond acceptors (Lipinski definition) is 5. The van der Waals surface area contributed by atoms with Gasteiger partial charge in [-0.05, 0) is 48.6 Å². The molecular formula is C18H21N5OS. The van der Waals surface area contributed by atoms with Gasteiger partial charge in [0, 0.05) is 25.0 Å². The van der Waals surface area contributed by atoms with Crippen molar-refractivity contribution >= 4 is 23.3 Å². The first-order valence-electron chi connectivity index (χ1n) is 8.25. The van der Waals surface area contributed by atoms with Crippen LogP contribution in [0.1, 0.15) is 30.3 Å². The average Bonchev–Trinajstić information content (AvgIpc) is 3.08. The van der Waals surface area contributed by atoms with Crippen molar-refractivity contribution in [1.82, 2.24) is 24.9 Å². The van der Waals surface area contributed by atoms with Gasteiger partial charge < -0.3 is 5.32 Å². The summed E-state index contributed by atoms with van der Waals surface area (Å²) < 4.78 is 1.94. The number of carbonyl (C=O) groups excluding carboxylic acids is 1. The summed E-state index contributed by atoms with van der Waals surface area (Å²) in [6, 6.07) is 9.50. The molecule has 25 heavy (non-hydrogen) atoms. The quantitative estimate of drug-likeness (QED) is 0.672. The highest BCUT2D eigenvalue weighted by molar-refractivity contribution is 7.98. The zero-order chi connectivity index (χ0) is 17.5. The summed E-state index contributed by atoms with van der Waals surface area (Å²) in [6.07, 6.45) is 9.44. The fraction of sp³-hybridized carbons (Fsp3) is 0.333. The van der Waals surface area contributed by atoms with Gasteiger partial charge in [0.1, 0.15) is 0 Å². The molecule has 0 fully saturated rings. The minimum atomic E-state index is -0.147. The lowest BCUT2D eigenvalue weighted by atomic mass is 10.1. The molecule has 0 saturated carbocycles. The molecule has 3 rings (SSSR count). The summed E-state index contributed by atoms with van der Waals surface area (Å²) in [4.78, 5) is 16.5. The first-order chi connectivity index (χ1) is 12.3. The van der Waals surface area contributed by atoms with Gasteiger partial charge in [0.2, 0.25) is 5.91 Å². The van der Waals surface area contributed by atoms with E-state index in [0.29, 0.717) is 12.8 Å². The Morgan fingerprint density at radius 3 is 3.00 bits per heavy atom. The smallest absolute Gasteiger partial charge is 0.220 e. The standard InChI is InChI=1S/C18H21N5OS/c1-25-12-9-15(18-22-21-16-6-2-3-11-23(16)18)20-17(24)8-7-14-5-4-10-19-13-14/h2-6,10-11,13,15H,7-9,12H2,1H3,(H,20,24). The van der Waals surface area contributed by atoms with E-state index in [1.54, 1.807) is 24.2 Å². The molecule has 0 bridgehead atoms. The van der Waals surface area contributed by atoms with Crippen molar-refractivity contribution < 1.29 is 4.79 Å². The van der Waals surface area contributed by atoms with Crippen LogP contribution in [0.4, 0.5) is 0 Å². The Balaban J connectivity index is 1.69. The Morgan fingerprint density at radius 1 is 1.28 bits per heavy atom. The molecule has 3 aromatic rings. The monoisotopic (exact) mass is 355 g/mol. The fourth-order valence-corrected chi connectivity index (χ4v) is 3.14. The minimum absolute atomic E-state index is 0.0163. The van der Waals surface area contributed by atoms with Crippen LogP contribution in [0.25, 0.3) is 5.65 Å². The lowest BCUT2D eigenvalue weighted by molar-refractivity contribution is -0.121. The Morgan fingerprint density at radius 2 is 2.20 bits per heavy atom. The highest BCUT2D eigenvalue weighted by atomic mass is 32.2. The molecule has 130 valence electrons. The van der Waals surface area contributed by atoms with E-state index in [1.165, 1.54) is 0 Å². The second-order valence-electron chi connectivity index (χ2n) is 5.75. The Kier molecular flexibility index (Phi) is 6.00. The Labute approximate surface area is 151 Å². The topological polar surface area (TPSA) is 72.2 Å². The van der Waals surface area contributed by atoms with Crippen LogP contribution < -0.4 is 5.32 Å². The number of aromatic nitrogens is 4. The highest BCUT2D eigenvalue weighted by Gasteiger charge is 2.20. The zero-order valence-electron chi connectivity index (χ0n) is 14.1. The van der Waals surface area contributed by atoms with Crippen LogP contribution in [0.15, 0.2) is 48.9 Å². The number of nitrogens with zero attached hydrogens (tertiary/aromatic N) is 4. The van der Waals surface area contributed by atoms with Gasteiger partial charge in [0.15, 0.2) is 11.5 Å². The van der Waals surface area contributed by atoms with Gasteiger partial charge >= 0.3 is 0 Å². The van der Waals surface area contributed by atoms with Crippen LogP contribution in [0.3, 0.4) is 0 Å². The minimum Gasteiger partial charge on any atom is -0.346 e. The molecule has 0 saturated heterocycles. The van der Waals surface area contributed by atoms with Crippen LogP contribution in [-0.2, 0) is 11.2 Å². The number of amides is 1. The number of thioether (sulfide) groups is 1. The van der Waals surface area contributed by atoms with Gasteiger partial charge in [-0.1, -0.05) is 12.1 Å². The van der Waals surface area contributed by atoms with E-state index < -0.39 is 0 Å². The maximum atomic E-state index is 12.4. The van der Waals surface area contributed by atoms with E-state index in [9.17, 15) is 4.79 Å². The molecule has 0 aliphatic carbocycles. The van der Waals surface area contributed by atoms with Crippen molar-refractivity contribution in [3.63, 3.8) is 0 Å². The summed E-state index contributed by atoms with van der Waals surface area (Å²) in [7, 11) is 0. The largest absolute Gasteiger partial charge is 0.346 e. The summed E-state index contributed by atoms with van der Waals surface area (Å²) in [5.74, 6) is 1.73. The van der Waals surface area contributed by atoms with Gasteiger partial charge in [-0.15, -0.1) is 10.2 Å². The second-order valence-corrected chi connectivity index (χ2v) is 6.74. The SMILES string of the molecule is CSCCC(NC(=O)CCc1cccnc1)c1nnc2ccccn12. The summed E-state index contributed by atoms with van der Waals surface area (Å²) in [5, 5.41) is 11.6. The van der Waals surface area contributed by atoms with Gasteiger partial charge in [0.25, 0.3) is 0 Å². The summed E-state index contributed by atoms with van der Waals surface area (Å²) >= 11 is 1.75. The number of pyridine rings is 2. The van der Waals surface area contributed by atoms with Crippen LogP contribution in [0.5, 0.6) is 0 Å². The Bertz CT molecular complexity index is 820. The molecule has 1 unspecified atom stereocenters. The molecule has 1 amide bonds. The molecule has 0 radical (unpaired) electrons. The van der Waals surface area contributed by atoms with Gasteiger partial charge in [-0.2, -0.15) is 11.8 Å². The summed E-state index contributed by atoms with van der Waals surface area (Å²) in [6.45, 7) is 0. The van der Waals surface area contributed by atoms with Crippen molar-refractivity contribution in [1.29, 1.82) is 0 Å². The Hall–Kier alpha value is -2.41. The number of nitrogens with one attached hydrogen (secondary N) is 1. The van der Waals surface area contributed by atoms with E-state index in [-0.39, 0.29) is 11.9 Å². The lowest BCUT2D eigenvalue weighted by Gasteiger charge is -2.17. The van der Waals surface area contributed by atoms with E-state index in [2.05, 4.69) is 26.8 Å². The van der Waals surface area contributed by atoms with Crippen LogP contribution in [-0.4, -0.2) is 37.5 Å². The van der Waals surface area contributed by atoms with Crippen molar-refractivity contribution in [2.24, 2.45) is 0 Å². The maximum absolute atomic E-state index is 12.4. The van der Waals surface area contributed by atoms with Crippen molar-refractivity contribution in [3.8, 4) is 0 Å². The normalized spacial score (nSPS) is 12.2. The number of hydrogen-bond donors (Lipinski definition) is 1. The zero-order valence-corrected chi connectivity index (χ0v) is 14.9. The molecule has 0 aromatic carbocycles. The molecule has 0 aliphatic heterocycles. The maximum Gasteiger partial charge on any atom is 0.220 e. The summed E-state index contributed by atoms with van der Waals surface area (Å²) in [5.41, 5.74) is 1.85. The molecule has 6 nitrogen and oxygen atoms in total.